The number of nitrogens with one attached hydrogen (secondary N) is 1. The van der Waals surface area contributed by atoms with Crippen molar-refractivity contribution in [2.75, 3.05) is 12.4 Å². The average molecular weight is 505 g/mol. The third-order valence-corrected chi connectivity index (χ3v) is 7.51. The van der Waals surface area contributed by atoms with Crippen LogP contribution >= 0.6 is 11.3 Å². The maximum atomic E-state index is 13.8. The highest BCUT2D eigenvalue weighted by atomic mass is 32.1. The highest BCUT2D eigenvalue weighted by Gasteiger charge is 2.24. The van der Waals surface area contributed by atoms with Gasteiger partial charge in [0.05, 0.1) is 23.5 Å². The van der Waals surface area contributed by atoms with Gasteiger partial charge < -0.3 is 10.1 Å². The Balaban J connectivity index is 1.59. The van der Waals surface area contributed by atoms with Crippen molar-refractivity contribution in [2.24, 2.45) is 0 Å². The summed E-state index contributed by atoms with van der Waals surface area (Å²) < 4.78 is 6.44. The number of carbonyl (C=O) groups is 1. The zero-order chi connectivity index (χ0) is 25.4. The Kier molecular flexibility index (Phi) is 6.27. The molecule has 0 saturated heterocycles. The third-order valence-electron chi connectivity index (χ3n) is 6.33. The molecule has 0 unspecified atom stereocenters. The number of hydrogen-bond acceptors (Lipinski definition) is 7. The van der Waals surface area contributed by atoms with Crippen molar-refractivity contribution < 1.29 is 14.5 Å². The number of rotatable bonds is 6. The van der Waals surface area contributed by atoms with Gasteiger partial charge in [0, 0.05) is 10.4 Å². The van der Waals surface area contributed by atoms with Crippen molar-refractivity contribution in [3.8, 4) is 17.1 Å². The molecule has 9 nitrogen and oxygen atoms in total. The Morgan fingerprint density at radius 2 is 2.03 bits per heavy atom. The van der Waals surface area contributed by atoms with Gasteiger partial charge in [-0.1, -0.05) is 23.8 Å². The summed E-state index contributed by atoms with van der Waals surface area (Å²) in [6.07, 6.45) is 3.85. The van der Waals surface area contributed by atoms with Crippen LogP contribution in [0.2, 0.25) is 0 Å². The van der Waals surface area contributed by atoms with E-state index in [1.54, 1.807) is 11.3 Å². The summed E-state index contributed by atoms with van der Waals surface area (Å²) in [4.78, 5) is 44.6. The van der Waals surface area contributed by atoms with Crippen LogP contribution in [0.3, 0.4) is 0 Å². The number of fused-ring (bicyclic) bond motifs is 3. The van der Waals surface area contributed by atoms with Crippen molar-refractivity contribution in [3.63, 3.8) is 0 Å². The van der Waals surface area contributed by atoms with E-state index in [-0.39, 0.29) is 23.5 Å². The molecule has 1 aliphatic rings. The summed E-state index contributed by atoms with van der Waals surface area (Å²) in [5, 5.41) is 14.7. The number of aromatic nitrogens is 2. The molecule has 0 saturated carbocycles. The van der Waals surface area contributed by atoms with Gasteiger partial charge in [0.15, 0.2) is 0 Å². The molecule has 10 heteroatoms. The SMILES string of the molecule is COc1ccc(NC(=O)Cn2c(-c3cccc(C)c3)nc3sc4c(c3c2=O)CCCC4)c([N+](=O)[O-])c1. The minimum Gasteiger partial charge on any atom is -0.496 e. The van der Waals surface area contributed by atoms with E-state index in [2.05, 4.69) is 5.32 Å². The number of anilines is 1. The Hall–Kier alpha value is -4.05. The summed E-state index contributed by atoms with van der Waals surface area (Å²) in [6, 6.07) is 11.8. The predicted molar refractivity (Wildman–Crippen MR) is 139 cm³/mol. The van der Waals surface area contributed by atoms with Crippen molar-refractivity contribution in [1.29, 1.82) is 0 Å². The number of ether oxygens (including phenoxy) is 1. The summed E-state index contributed by atoms with van der Waals surface area (Å²) in [5.74, 6) is 0.133. The molecule has 0 spiro atoms. The number of thiophene rings is 1. The van der Waals surface area contributed by atoms with Crippen LogP contribution < -0.4 is 15.6 Å². The van der Waals surface area contributed by atoms with Gasteiger partial charge in [-0.2, -0.15) is 0 Å². The molecule has 1 aliphatic carbocycles. The zero-order valence-corrected chi connectivity index (χ0v) is 20.7. The monoisotopic (exact) mass is 504 g/mol. The lowest BCUT2D eigenvalue weighted by Gasteiger charge is -2.14. The molecular weight excluding hydrogens is 480 g/mol. The lowest BCUT2D eigenvalue weighted by molar-refractivity contribution is -0.384. The van der Waals surface area contributed by atoms with Crippen LogP contribution in [0.4, 0.5) is 11.4 Å². The second-order valence-corrected chi connectivity index (χ2v) is 9.86. The lowest BCUT2D eigenvalue weighted by atomic mass is 9.97. The van der Waals surface area contributed by atoms with E-state index in [0.717, 1.165) is 42.4 Å². The van der Waals surface area contributed by atoms with Crippen molar-refractivity contribution in [1.82, 2.24) is 9.55 Å². The topological polar surface area (TPSA) is 116 Å². The van der Waals surface area contributed by atoms with Crippen molar-refractivity contribution in [2.45, 2.75) is 39.2 Å². The first-order valence-electron chi connectivity index (χ1n) is 11.6. The maximum Gasteiger partial charge on any atom is 0.296 e. The first-order chi connectivity index (χ1) is 17.4. The van der Waals surface area contributed by atoms with Gasteiger partial charge in [-0.15, -0.1) is 11.3 Å². The van der Waals surface area contributed by atoms with E-state index in [1.165, 1.54) is 34.8 Å². The normalized spacial score (nSPS) is 12.8. The fourth-order valence-corrected chi connectivity index (χ4v) is 5.87. The molecule has 184 valence electrons. The van der Waals surface area contributed by atoms with E-state index in [4.69, 9.17) is 9.72 Å². The smallest absolute Gasteiger partial charge is 0.296 e. The molecule has 1 N–H and O–H groups in total. The Morgan fingerprint density at radius 1 is 1.22 bits per heavy atom. The standard InChI is InChI=1S/C26H24N4O5S/c1-15-6-5-7-16(12-15)24-28-25-23(18-8-3-4-9-21(18)36-25)26(32)29(24)14-22(31)27-19-11-10-17(35-2)13-20(19)30(33)34/h5-7,10-13H,3-4,8-9,14H2,1-2H3,(H,27,31). The second-order valence-electron chi connectivity index (χ2n) is 8.78. The summed E-state index contributed by atoms with van der Waals surface area (Å²) in [5.41, 5.74) is 2.22. The maximum absolute atomic E-state index is 13.8. The van der Waals surface area contributed by atoms with Crippen molar-refractivity contribution >= 4 is 38.8 Å². The van der Waals surface area contributed by atoms with Gasteiger partial charge in [-0.3, -0.25) is 24.3 Å². The van der Waals surface area contributed by atoms with E-state index in [1.807, 2.05) is 31.2 Å². The van der Waals surface area contributed by atoms with E-state index in [9.17, 15) is 19.7 Å². The van der Waals surface area contributed by atoms with Gasteiger partial charge in [0.25, 0.3) is 11.2 Å². The number of hydrogen-bond donors (Lipinski definition) is 1. The van der Waals surface area contributed by atoms with Crippen LogP contribution in [0, 0.1) is 17.0 Å². The first kappa shape index (κ1) is 23.7. The van der Waals surface area contributed by atoms with Crippen LogP contribution in [0.25, 0.3) is 21.6 Å². The van der Waals surface area contributed by atoms with E-state index >= 15 is 0 Å². The number of nitrogens with zero attached hydrogens (tertiary/aromatic N) is 3. The number of aryl methyl sites for hydroxylation is 3. The quantitative estimate of drug-likeness (QED) is 0.296. The van der Waals surface area contributed by atoms with Crippen LogP contribution in [0.1, 0.15) is 28.8 Å². The molecule has 4 aromatic rings. The van der Waals surface area contributed by atoms with Gasteiger partial charge in [-0.25, -0.2) is 4.98 Å². The minimum atomic E-state index is -0.590. The van der Waals surface area contributed by atoms with E-state index in [0.29, 0.717) is 21.8 Å². The van der Waals surface area contributed by atoms with Gasteiger partial charge in [-0.05, 0) is 56.4 Å². The molecule has 0 aliphatic heterocycles. The molecule has 0 radical (unpaired) electrons. The van der Waals surface area contributed by atoms with Crippen LogP contribution in [-0.4, -0.2) is 27.5 Å². The van der Waals surface area contributed by atoms with Gasteiger partial charge >= 0.3 is 0 Å². The van der Waals surface area contributed by atoms with Gasteiger partial charge in [0.1, 0.15) is 28.6 Å². The Bertz CT molecular complexity index is 1570. The van der Waals surface area contributed by atoms with E-state index < -0.39 is 10.8 Å². The summed E-state index contributed by atoms with van der Waals surface area (Å²) in [7, 11) is 1.41. The van der Waals surface area contributed by atoms with Crippen LogP contribution in [0.15, 0.2) is 47.3 Å². The largest absolute Gasteiger partial charge is 0.496 e. The number of benzene rings is 2. The molecule has 0 bridgehead atoms. The third kappa shape index (κ3) is 4.35. The molecule has 2 aromatic heterocycles. The highest BCUT2D eigenvalue weighted by molar-refractivity contribution is 7.18. The molecule has 2 heterocycles. The zero-order valence-electron chi connectivity index (χ0n) is 19.9. The average Bonchev–Trinajstić information content (AvgIpc) is 3.24. The highest BCUT2D eigenvalue weighted by Crippen LogP contribution is 2.35. The van der Waals surface area contributed by atoms with Crippen LogP contribution in [0.5, 0.6) is 5.75 Å². The lowest BCUT2D eigenvalue weighted by Crippen LogP contribution is -2.30. The molecule has 2 aromatic carbocycles. The number of nitro groups is 1. The summed E-state index contributed by atoms with van der Waals surface area (Å²) in [6.45, 7) is 1.61. The molecule has 5 rings (SSSR count). The van der Waals surface area contributed by atoms with Gasteiger partial charge in [0.2, 0.25) is 5.91 Å². The number of amides is 1. The molecule has 1 amide bonds. The number of carbonyl (C=O) groups excluding carboxylic acids is 1. The fraction of sp³-hybridized carbons (Fsp3) is 0.269. The Morgan fingerprint density at radius 3 is 2.78 bits per heavy atom. The Labute approximate surface area is 210 Å². The first-order valence-corrected chi connectivity index (χ1v) is 12.4. The summed E-state index contributed by atoms with van der Waals surface area (Å²) >= 11 is 1.55. The second kappa shape index (κ2) is 9.54. The number of nitro benzene ring substituents is 1. The minimum absolute atomic E-state index is 0.0258. The molecule has 0 fully saturated rings. The van der Waals surface area contributed by atoms with Crippen LogP contribution in [-0.2, 0) is 24.2 Å². The molecule has 36 heavy (non-hydrogen) atoms. The fourth-order valence-electron chi connectivity index (χ4n) is 4.62. The molecular formula is C26H24N4O5S. The predicted octanol–water partition coefficient (Wildman–Crippen LogP) is 4.87. The van der Waals surface area contributed by atoms with Crippen molar-refractivity contribution in [3.05, 3.63) is 78.9 Å². The number of methoxy groups -OCH3 is 1. The molecule has 0 atom stereocenters.